The summed E-state index contributed by atoms with van der Waals surface area (Å²) in [6, 6.07) is 0. The van der Waals surface area contributed by atoms with E-state index in [1.165, 1.54) is 6.92 Å². The summed E-state index contributed by atoms with van der Waals surface area (Å²) in [5.74, 6) is 0. The molecule has 15 nitrogen and oxygen atoms in total. The summed E-state index contributed by atoms with van der Waals surface area (Å²) in [6.45, 7) is 0.439. The average molecular weight is 413 g/mol. The van der Waals surface area contributed by atoms with Gasteiger partial charge in [-0.25, -0.2) is 13.7 Å². The van der Waals surface area contributed by atoms with E-state index in [0.29, 0.717) is 0 Å². The molecule has 140 valence electrons. The minimum Gasteiger partial charge on any atom is -0.390 e. The lowest BCUT2D eigenvalue weighted by Gasteiger charge is -2.27. The summed E-state index contributed by atoms with van der Waals surface area (Å²) in [5, 5.41) is 13.0. The first-order valence-electron chi connectivity index (χ1n) is 5.91. The first-order valence-corrected chi connectivity index (χ1v) is 10.4. The molecule has 1 saturated heterocycles. The first-order chi connectivity index (χ1) is 10.7. The third kappa shape index (κ3) is 6.51. The fraction of sp³-hybridized carbons (Fsp3) is 1.00. The van der Waals surface area contributed by atoms with Crippen molar-refractivity contribution in [2.24, 2.45) is 5.11 Å². The molecule has 5 N–H and O–H groups in total. The van der Waals surface area contributed by atoms with E-state index in [0.717, 1.165) is 0 Å². The topological polar surface area (TPSA) is 238 Å². The van der Waals surface area contributed by atoms with E-state index in [1.807, 2.05) is 0 Å². The lowest BCUT2D eigenvalue weighted by Crippen LogP contribution is -2.41. The fourth-order valence-electron chi connectivity index (χ4n) is 1.78. The van der Waals surface area contributed by atoms with Crippen LogP contribution in [0.25, 0.3) is 10.4 Å². The molecule has 5 atom stereocenters. The molecule has 1 fully saturated rings. The maximum atomic E-state index is 11.6. The monoisotopic (exact) mass is 413 g/mol. The SMILES string of the molecule is CC1CC(O)C(COP(=O)(O)OP(=O)(O)OP(=O)(O)O)(N=[N+]=[N-])O1. The van der Waals surface area contributed by atoms with Crippen molar-refractivity contribution in [2.45, 2.75) is 31.3 Å². The summed E-state index contributed by atoms with van der Waals surface area (Å²) in [5.41, 5.74) is 6.40. The lowest BCUT2D eigenvalue weighted by molar-refractivity contribution is -0.101. The summed E-state index contributed by atoms with van der Waals surface area (Å²) < 4.78 is 49.7. The number of aliphatic hydroxyl groups excluding tert-OH is 1. The molecule has 0 radical (unpaired) electrons. The molecule has 0 saturated carbocycles. The Kier molecular flexibility index (Phi) is 6.76. The number of rotatable bonds is 8. The van der Waals surface area contributed by atoms with Crippen LogP contribution in [0.4, 0.5) is 0 Å². The van der Waals surface area contributed by atoms with E-state index in [9.17, 15) is 23.7 Å². The molecular formula is C6H14N3O12P3. The number of nitrogens with zero attached hydrogens (tertiary/aromatic N) is 3. The van der Waals surface area contributed by atoms with Gasteiger partial charge in [-0.05, 0) is 12.5 Å². The van der Waals surface area contributed by atoms with Gasteiger partial charge in [0.1, 0.15) is 0 Å². The van der Waals surface area contributed by atoms with Gasteiger partial charge >= 0.3 is 23.5 Å². The van der Waals surface area contributed by atoms with Gasteiger partial charge in [0.05, 0.1) is 18.8 Å². The number of hydrogen-bond donors (Lipinski definition) is 5. The second kappa shape index (κ2) is 7.48. The normalized spacial score (nSPS) is 32.6. The molecule has 5 unspecified atom stereocenters. The van der Waals surface area contributed by atoms with Crippen molar-refractivity contribution in [1.82, 2.24) is 0 Å². The van der Waals surface area contributed by atoms with Crippen LogP contribution < -0.4 is 0 Å². The maximum Gasteiger partial charge on any atom is 0.490 e. The zero-order valence-electron chi connectivity index (χ0n) is 11.8. The molecule has 18 heteroatoms. The molecule has 1 heterocycles. The standard InChI is InChI=1S/C6H14N3O12P3/c1-4-2-5(10)6(19-4,8-9-7)3-18-23(14,15)21-24(16,17)20-22(11,12)13/h4-5,10H,2-3H2,1H3,(H,14,15)(H,16,17)(H2,11,12,13). The van der Waals surface area contributed by atoms with Crippen LogP contribution in [0.1, 0.15) is 13.3 Å². The third-order valence-corrected chi connectivity index (χ3v) is 6.33. The van der Waals surface area contributed by atoms with E-state index in [2.05, 4.69) is 23.2 Å². The Morgan fingerprint density at radius 2 is 1.83 bits per heavy atom. The molecule has 24 heavy (non-hydrogen) atoms. The molecule has 0 aromatic heterocycles. The summed E-state index contributed by atoms with van der Waals surface area (Å²) in [6.07, 6.45) is -2.02. The summed E-state index contributed by atoms with van der Waals surface area (Å²) >= 11 is 0. The van der Waals surface area contributed by atoms with Crippen molar-refractivity contribution >= 4 is 23.5 Å². The number of phosphoric acid groups is 3. The Morgan fingerprint density at radius 3 is 2.25 bits per heavy atom. The van der Waals surface area contributed by atoms with Gasteiger partial charge in [0.15, 0.2) is 5.72 Å². The van der Waals surface area contributed by atoms with Crippen LogP contribution in [-0.4, -0.2) is 49.2 Å². The van der Waals surface area contributed by atoms with Crippen molar-refractivity contribution in [3.05, 3.63) is 10.4 Å². The highest BCUT2D eigenvalue weighted by molar-refractivity contribution is 7.66. The Balaban J connectivity index is 2.83. The number of azide groups is 1. The molecule has 1 aliphatic rings. The van der Waals surface area contributed by atoms with E-state index in [4.69, 9.17) is 24.9 Å². The van der Waals surface area contributed by atoms with Crippen LogP contribution in [0, 0.1) is 0 Å². The van der Waals surface area contributed by atoms with Crippen LogP contribution in [0.3, 0.4) is 0 Å². The minimum atomic E-state index is -5.67. The molecule has 0 bridgehead atoms. The summed E-state index contributed by atoms with van der Waals surface area (Å²) in [4.78, 5) is 37.5. The highest BCUT2D eigenvalue weighted by atomic mass is 31.3. The molecule has 0 aliphatic carbocycles. The van der Waals surface area contributed by atoms with Crippen molar-refractivity contribution in [1.29, 1.82) is 0 Å². The molecule has 1 rings (SSSR count). The van der Waals surface area contributed by atoms with Gasteiger partial charge < -0.3 is 29.4 Å². The molecular weight excluding hydrogens is 399 g/mol. The van der Waals surface area contributed by atoms with Gasteiger partial charge in [-0.1, -0.05) is 5.11 Å². The minimum absolute atomic E-state index is 0.00121. The number of phosphoric ester groups is 1. The zero-order chi connectivity index (χ0) is 18.8. The van der Waals surface area contributed by atoms with Crippen molar-refractivity contribution < 1.29 is 56.3 Å². The van der Waals surface area contributed by atoms with Crippen LogP contribution >= 0.6 is 23.5 Å². The largest absolute Gasteiger partial charge is 0.490 e. The Bertz CT molecular complexity index is 658. The molecule has 1 aliphatic heterocycles. The van der Waals surface area contributed by atoms with Crippen LogP contribution in [0.5, 0.6) is 0 Å². The molecule has 0 aromatic carbocycles. The van der Waals surface area contributed by atoms with Crippen LogP contribution in [-0.2, 0) is 31.6 Å². The Morgan fingerprint density at radius 1 is 1.25 bits per heavy atom. The lowest BCUT2D eigenvalue weighted by atomic mass is 10.1. The van der Waals surface area contributed by atoms with Gasteiger partial charge in [0.25, 0.3) is 0 Å². The molecule has 0 spiro atoms. The predicted octanol–water partition coefficient (Wildman–Crippen LogP) is 0.506. The van der Waals surface area contributed by atoms with E-state index >= 15 is 0 Å². The Hall–Kier alpha value is -0.360. The van der Waals surface area contributed by atoms with Crippen molar-refractivity contribution in [2.75, 3.05) is 6.61 Å². The quantitative estimate of drug-likeness (QED) is 0.158. The Labute approximate surface area is 134 Å². The predicted molar refractivity (Wildman–Crippen MR) is 72.9 cm³/mol. The van der Waals surface area contributed by atoms with E-state index in [-0.39, 0.29) is 6.42 Å². The van der Waals surface area contributed by atoms with Crippen LogP contribution in [0.15, 0.2) is 5.11 Å². The highest BCUT2D eigenvalue weighted by Gasteiger charge is 2.49. The van der Waals surface area contributed by atoms with Gasteiger partial charge in [0, 0.05) is 11.3 Å². The summed E-state index contributed by atoms with van der Waals surface area (Å²) in [7, 11) is -16.6. The third-order valence-electron chi connectivity index (χ3n) is 2.55. The van der Waals surface area contributed by atoms with Crippen molar-refractivity contribution in [3.63, 3.8) is 0 Å². The fourth-order valence-corrected chi connectivity index (χ4v) is 4.82. The van der Waals surface area contributed by atoms with Gasteiger partial charge in [-0.3, -0.25) is 4.52 Å². The van der Waals surface area contributed by atoms with Gasteiger partial charge in [0.2, 0.25) is 0 Å². The number of ether oxygens (including phenoxy) is 1. The first kappa shape index (κ1) is 21.7. The van der Waals surface area contributed by atoms with Gasteiger partial charge in [-0.2, -0.15) is 8.62 Å². The number of hydrogen-bond acceptors (Lipinski definition) is 9. The van der Waals surface area contributed by atoms with E-state index < -0.39 is 48.0 Å². The van der Waals surface area contributed by atoms with E-state index in [1.54, 1.807) is 0 Å². The second-order valence-corrected chi connectivity index (χ2v) is 9.00. The maximum absolute atomic E-state index is 11.6. The zero-order valence-corrected chi connectivity index (χ0v) is 14.5. The second-order valence-electron chi connectivity index (χ2n) is 4.58. The average Bonchev–Trinajstić information content (AvgIpc) is 2.58. The van der Waals surface area contributed by atoms with Crippen LogP contribution in [0.2, 0.25) is 0 Å². The number of aliphatic hydroxyl groups is 1. The van der Waals surface area contributed by atoms with Gasteiger partial charge in [-0.15, -0.1) is 0 Å². The smallest absolute Gasteiger partial charge is 0.390 e. The molecule has 0 aromatic rings. The highest BCUT2D eigenvalue weighted by Crippen LogP contribution is 2.66. The van der Waals surface area contributed by atoms with Crippen molar-refractivity contribution in [3.8, 4) is 0 Å². The molecule has 0 amide bonds.